The smallest absolute Gasteiger partial charge is 0.404 e. The van der Waals surface area contributed by atoms with E-state index in [0.29, 0.717) is 6.23 Å². The molecule has 0 atom stereocenters. The lowest BCUT2D eigenvalue weighted by Gasteiger charge is -2.13. The zero-order valence-electron chi connectivity index (χ0n) is 6.10. The third kappa shape index (κ3) is 7.49. The van der Waals surface area contributed by atoms with Gasteiger partial charge in [0, 0.05) is 0 Å². The van der Waals surface area contributed by atoms with Crippen molar-refractivity contribution in [2.24, 2.45) is 5.73 Å². The van der Waals surface area contributed by atoms with Gasteiger partial charge in [-0.2, -0.15) is 0 Å². The Labute approximate surface area is 56.2 Å². The van der Waals surface area contributed by atoms with E-state index >= 15 is 0 Å². The summed E-state index contributed by atoms with van der Waals surface area (Å²) in [5, 5.41) is 0. The summed E-state index contributed by atoms with van der Waals surface area (Å²) in [7, 11) is -1.24. The van der Waals surface area contributed by atoms with Crippen LogP contribution >= 0.6 is 0 Å². The number of amides is 1. The van der Waals surface area contributed by atoms with Gasteiger partial charge >= 0.3 is 6.09 Å². The van der Waals surface area contributed by atoms with Crippen molar-refractivity contribution in [2.45, 2.75) is 19.6 Å². The molecule has 3 nitrogen and oxygen atoms in total. The molecule has 0 rings (SSSR count). The lowest BCUT2D eigenvalue weighted by atomic mass is 11.2. The number of nitrogens with two attached hydrogens (primary N) is 1. The van der Waals surface area contributed by atoms with Gasteiger partial charge in [0.15, 0.2) is 0 Å². The highest BCUT2D eigenvalue weighted by molar-refractivity contribution is 6.76. The molecule has 0 spiro atoms. The first-order chi connectivity index (χ1) is 3.92. The van der Waals surface area contributed by atoms with Gasteiger partial charge in [-0.1, -0.05) is 19.6 Å². The molecule has 0 aromatic rings. The third-order valence-corrected chi connectivity index (χ3v) is 1.66. The number of primary amides is 1. The topological polar surface area (TPSA) is 52.3 Å². The number of hydrogen-bond acceptors (Lipinski definition) is 2. The summed E-state index contributed by atoms with van der Waals surface area (Å²) in [6.45, 7) is 6.32. The van der Waals surface area contributed by atoms with E-state index in [1.165, 1.54) is 0 Å². The Morgan fingerprint density at radius 3 is 2.11 bits per heavy atom. The number of carbonyl (C=O) groups excluding carboxylic acids is 1. The molecular weight excluding hydrogens is 134 g/mol. The average molecular weight is 147 g/mol. The van der Waals surface area contributed by atoms with Crippen LogP contribution in [0.2, 0.25) is 19.6 Å². The summed E-state index contributed by atoms with van der Waals surface area (Å²) < 4.78 is 4.61. The average Bonchev–Trinajstić information content (AvgIpc) is 1.59. The molecule has 0 saturated heterocycles. The van der Waals surface area contributed by atoms with Crippen LogP contribution in [0.25, 0.3) is 0 Å². The van der Waals surface area contributed by atoms with E-state index in [1.54, 1.807) is 0 Å². The van der Waals surface area contributed by atoms with E-state index in [1.807, 2.05) is 0 Å². The minimum absolute atomic E-state index is 0.516. The van der Waals surface area contributed by atoms with Crippen LogP contribution in [0.4, 0.5) is 4.79 Å². The predicted octanol–water partition coefficient (Wildman–Crippen LogP) is 0.959. The van der Waals surface area contributed by atoms with E-state index in [4.69, 9.17) is 5.73 Å². The first-order valence-corrected chi connectivity index (χ1v) is 6.55. The molecule has 0 radical (unpaired) electrons. The summed E-state index contributed by atoms with van der Waals surface area (Å²) >= 11 is 0. The second-order valence-corrected chi connectivity index (χ2v) is 8.58. The molecule has 0 unspecified atom stereocenters. The van der Waals surface area contributed by atoms with Crippen molar-refractivity contribution in [1.29, 1.82) is 0 Å². The molecule has 9 heavy (non-hydrogen) atoms. The molecule has 0 aliphatic heterocycles. The summed E-state index contributed by atoms with van der Waals surface area (Å²) in [5.74, 6) is 0. The first-order valence-electron chi connectivity index (χ1n) is 2.84. The lowest BCUT2D eigenvalue weighted by molar-refractivity contribution is 0.173. The van der Waals surface area contributed by atoms with Crippen LogP contribution < -0.4 is 5.73 Å². The van der Waals surface area contributed by atoms with Crippen molar-refractivity contribution < 1.29 is 9.53 Å². The van der Waals surface area contributed by atoms with Crippen LogP contribution in [0.15, 0.2) is 0 Å². The Morgan fingerprint density at radius 1 is 1.56 bits per heavy atom. The van der Waals surface area contributed by atoms with Crippen LogP contribution in [0.5, 0.6) is 0 Å². The van der Waals surface area contributed by atoms with Crippen molar-refractivity contribution >= 4 is 14.2 Å². The Balaban J connectivity index is 3.39. The van der Waals surface area contributed by atoms with E-state index < -0.39 is 14.2 Å². The fourth-order valence-electron chi connectivity index (χ4n) is 0.288. The van der Waals surface area contributed by atoms with Crippen LogP contribution in [0, 0.1) is 0 Å². The zero-order chi connectivity index (χ0) is 7.49. The van der Waals surface area contributed by atoms with Gasteiger partial charge in [-0.3, -0.25) is 0 Å². The molecule has 0 aliphatic carbocycles. The summed E-state index contributed by atoms with van der Waals surface area (Å²) in [5.41, 5.74) is 4.76. The quantitative estimate of drug-likeness (QED) is 0.591. The van der Waals surface area contributed by atoms with Gasteiger partial charge in [-0.25, -0.2) is 4.79 Å². The van der Waals surface area contributed by atoms with Gasteiger partial charge in [0.2, 0.25) is 0 Å². The highest BCUT2D eigenvalue weighted by Crippen LogP contribution is 1.99. The molecule has 4 heteroatoms. The second kappa shape index (κ2) is 2.86. The highest BCUT2D eigenvalue weighted by atomic mass is 28.3. The molecule has 0 bridgehead atoms. The molecule has 0 aliphatic rings. The summed E-state index contributed by atoms with van der Waals surface area (Å²) in [4.78, 5) is 10.1. The number of rotatable bonds is 2. The van der Waals surface area contributed by atoms with E-state index in [-0.39, 0.29) is 0 Å². The van der Waals surface area contributed by atoms with E-state index in [2.05, 4.69) is 24.4 Å². The Hall–Kier alpha value is -0.513. The highest BCUT2D eigenvalue weighted by Gasteiger charge is 2.14. The van der Waals surface area contributed by atoms with Crippen molar-refractivity contribution in [2.75, 3.05) is 6.23 Å². The maximum absolute atomic E-state index is 10.1. The molecule has 0 heterocycles. The van der Waals surface area contributed by atoms with Gasteiger partial charge in [0.1, 0.15) is 0 Å². The predicted molar refractivity (Wildman–Crippen MR) is 38.9 cm³/mol. The van der Waals surface area contributed by atoms with Gasteiger partial charge in [-0.05, 0) is 0 Å². The Kier molecular flexibility index (Phi) is 2.70. The number of hydrogen-bond donors (Lipinski definition) is 1. The second-order valence-electron chi connectivity index (χ2n) is 3.17. The fourth-order valence-corrected chi connectivity index (χ4v) is 0.863. The minimum atomic E-state index is -1.24. The summed E-state index contributed by atoms with van der Waals surface area (Å²) in [6, 6.07) is 0. The molecule has 0 saturated carbocycles. The molecule has 0 fully saturated rings. The largest absolute Gasteiger partial charge is 0.454 e. The normalized spacial score (nSPS) is 11.0. The molecule has 2 N–H and O–H groups in total. The van der Waals surface area contributed by atoms with Crippen LogP contribution in [0.1, 0.15) is 0 Å². The minimum Gasteiger partial charge on any atom is -0.454 e. The fraction of sp³-hybridized carbons (Fsp3) is 0.800. The van der Waals surface area contributed by atoms with Crippen molar-refractivity contribution in [3.8, 4) is 0 Å². The molecule has 0 aromatic carbocycles. The molecule has 0 aromatic heterocycles. The van der Waals surface area contributed by atoms with Crippen LogP contribution in [-0.2, 0) is 4.74 Å². The Morgan fingerprint density at radius 2 is 2.00 bits per heavy atom. The number of carbonyl (C=O) groups is 1. The summed E-state index contributed by atoms with van der Waals surface area (Å²) in [6.07, 6.45) is -0.153. The standard InChI is InChI=1S/C5H13NO2Si/c1-9(2,3)4-8-5(6)7/h4H2,1-3H3,(H2,6,7). The van der Waals surface area contributed by atoms with Crippen LogP contribution in [0.3, 0.4) is 0 Å². The Bertz CT molecular complexity index is 108. The monoisotopic (exact) mass is 147 g/mol. The maximum Gasteiger partial charge on any atom is 0.404 e. The zero-order valence-corrected chi connectivity index (χ0v) is 7.10. The SMILES string of the molecule is C[Si](C)(C)COC(N)=O. The molecule has 54 valence electrons. The van der Waals surface area contributed by atoms with Crippen molar-refractivity contribution in [1.82, 2.24) is 0 Å². The van der Waals surface area contributed by atoms with Gasteiger partial charge < -0.3 is 10.5 Å². The first kappa shape index (κ1) is 8.49. The van der Waals surface area contributed by atoms with E-state index in [9.17, 15) is 4.79 Å². The van der Waals surface area contributed by atoms with Crippen molar-refractivity contribution in [3.63, 3.8) is 0 Å². The third-order valence-electron chi connectivity index (χ3n) is 0.647. The van der Waals surface area contributed by atoms with Crippen molar-refractivity contribution in [3.05, 3.63) is 0 Å². The van der Waals surface area contributed by atoms with Gasteiger partial charge in [0.05, 0.1) is 14.3 Å². The maximum atomic E-state index is 10.1. The van der Waals surface area contributed by atoms with Gasteiger partial charge in [0.25, 0.3) is 0 Å². The molecular formula is C5H13NO2Si. The van der Waals surface area contributed by atoms with Gasteiger partial charge in [-0.15, -0.1) is 0 Å². The van der Waals surface area contributed by atoms with E-state index in [0.717, 1.165) is 0 Å². The number of ether oxygens (including phenoxy) is 1. The van der Waals surface area contributed by atoms with Crippen LogP contribution in [-0.4, -0.2) is 20.4 Å². The molecule has 1 amide bonds. The lowest BCUT2D eigenvalue weighted by Crippen LogP contribution is -2.31.